The summed E-state index contributed by atoms with van der Waals surface area (Å²) >= 11 is -3.80. The average molecular weight is 512 g/mol. The molecule has 128 valence electrons. The number of hydrogen-bond donors (Lipinski definition) is 1. The minimum Gasteiger partial charge on any atom is -0.400 e. The van der Waals surface area contributed by atoms with Crippen molar-refractivity contribution in [3.05, 3.63) is 0 Å². The smallest absolute Gasteiger partial charge is 0.0319 e. The van der Waals surface area contributed by atoms with Gasteiger partial charge in [0.05, 0.1) is 0 Å². The Labute approximate surface area is 144 Å². The van der Waals surface area contributed by atoms with E-state index in [2.05, 4.69) is 57.3 Å². The van der Waals surface area contributed by atoms with E-state index in [-0.39, 0.29) is 0 Å². The molecule has 0 heterocycles. The van der Waals surface area contributed by atoms with Crippen LogP contribution in [0.2, 0.25) is 49.5 Å². The van der Waals surface area contributed by atoms with Crippen LogP contribution in [0.1, 0.15) is 40.5 Å². The summed E-state index contributed by atoms with van der Waals surface area (Å²) in [5.41, 5.74) is 0. The van der Waals surface area contributed by atoms with Crippen molar-refractivity contribution in [1.82, 2.24) is 0 Å². The maximum absolute atomic E-state index is 7.00. The molecule has 0 bridgehead atoms. The van der Waals surface area contributed by atoms with Crippen molar-refractivity contribution < 1.29 is 5.11 Å². The van der Waals surface area contributed by atoms with Gasteiger partial charge in [-0.15, -0.1) is 0 Å². The van der Waals surface area contributed by atoms with Crippen LogP contribution in [0.3, 0.4) is 0 Å². The van der Waals surface area contributed by atoms with Crippen LogP contribution >= 0.6 is 0 Å². The largest absolute Gasteiger partial charge is 0.400 e. The Kier molecular flexibility index (Phi) is 12.4. The third-order valence-electron chi connectivity index (χ3n) is 5.42. The molecular formula is C17H43BOSn2. The normalized spacial score (nSPS) is 13.0. The maximum Gasteiger partial charge on any atom is 0.0319 e. The van der Waals surface area contributed by atoms with Crippen molar-refractivity contribution in [3.63, 3.8) is 0 Å². The molecular weight excluding hydrogens is 468 g/mol. The molecule has 0 aliphatic rings. The Morgan fingerprint density at radius 1 is 0.762 bits per heavy atom. The summed E-state index contributed by atoms with van der Waals surface area (Å²) in [6, 6.07) is 0. The molecule has 0 aromatic rings. The number of aliphatic hydroxyl groups is 1. The SMILES string of the molecule is CCB(CC)C(CC)(CC)[CH]([Sn]([CH3])([CH3])[CH3])[Sn]([CH3])([CH3])[CH3].CO. The number of aliphatic hydroxyl groups excluding tert-OH is 1. The Morgan fingerprint density at radius 3 is 1.19 bits per heavy atom. The topological polar surface area (TPSA) is 20.2 Å². The van der Waals surface area contributed by atoms with Crippen LogP contribution < -0.4 is 0 Å². The molecule has 0 aromatic heterocycles. The fraction of sp³-hybridized carbons (Fsp3) is 1.00. The van der Waals surface area contributed by atoms with Gasteiger partial charge in [0.25, 0.3) is 0 Å². The molecule has 0 radical (unpaired) electrons. The van der Waals surface area contributed by atoms with Crippen LogP contribution in [0.5, 0.6) is 0 Å². The fourth-order valence-electron chi connectivity index (χ4n) is 5.60. The van der Waals surface area contributed by atoms with E-state index in [0.717, 1.165) is 13.8 Å². The zero-order valence-electron chi connectivity index (χ0n) is 16.9. The van der Waals surface area contributed by atoms with Gasteiger partial charge in [-0.25, -0.2) is 0 Å². The average Bonchev–Trinajstić information content (AvgIpc) is 2.37. The van der Waals surface area contributed by atoms with Crippen molar-refractivity contribution in [1.29, 1.82) is 0 Å². The molecule has 0 aliphatic carbocycles. The Bertz CT molecular complexity index is 247. The van der Waals surface area contributed by atoms with E-state index in [1.807, 2.05) is 0 Å². The van der Waals surface area contributed by atoms with Crippen molar-refractivity contribution in [2.45, 2.75) is 90.1 Å². The van der Waals surface area contributed by atoms with E-state index < -0.39 is 36.8 Å². The fourth-order valence-corrected chi connectivity index (χ4v) is 76.3. The molecule has 0 rings (SSSR count). The standard InChI is InChI=1S/C10H21B.CH4O.6CH3.2Sn/c1-6-10(5,7-2)11(8-3)9-4;1-2;;;;;;;;/h5H,6-9H2,1-4H3;2H,1H3;6*1H3;;. The quantitative estimate of drug-likeness (QED) is 0.381. The summed E-state index contributed by atoms with van der Waals surface area (Å²) in [6.07, 6.45) is 5.61. The van der Waals surface area contributed by atoms with Crippen LogP contribution in [0.15, 0.2) is 0 Å². The maximum atomic E-state index is 7.00. The summed E-state index contributed by atoms with van der Waals surface area (Å²) < 4.78 is 1.18. The van der Waals surface area contributed by atoms with Crippen LogP contribution in [-0.2, 0) is 0 Å². The number of hydrogen-bond acceptors (Lipinski definition) is 1. The van der Waals surface area contributed by atoms with Gasteiger partial charge in [-0.2, -0.15) is 0 Å². The Balaban J connectivity index is 0. The summed E-state index contributed by atoms with van der Waals surface area (Å²) in [5, 5.41) is 7.67. The van der Waals surface area contributed by atoms with Gasteiger partial charge in [-0.05, 0) is 0 Å². The zero-order valence-corrected chi connectivity index (χ0v) is 22.6. The van der Waals surface area contributed by atoms with Gasteiger partial charge in [0.2, 0.25) is 0 Å². The third-order valence-corrected chi connectivity index (χ3v) is 51.8. The molecule has 0 spiro atoms. The van der Waals surface area contributed by atoms with E-state index in [9.17, 15) is 0 Å². The predicted molar refractivity (Wildman–Crippen MR) is 109 cm³/mol. The monoisotopic (exact) mass is 514 g/mol. The van der Waals surface area contributed by atoms with E-state index >= 15 is 0 Å². The molecule has 0 saturated carbocycles. The minimum atomic E-state index is -1.90. The van der Waals surface area contributed by atoms with Crippen LogP contribution in [-0.4, -0.2) is 55.7 Å². The third kappa shape index (κ3) is 6.56. The van der Waals surface area contributed by atoms with Crippen molar-refractivity contribution in [2.24, 2.45) is 0 Å². The van der Waals surface area contributed by atoms with E-state index in [4.69, 9.17) is 5.11 Å². The van der Waals surface area contributed by atoms with Gasteiger partial charge < -0.3 is 5.11 Å². The van der Waals surface area contributed by atoms with Gasteiger partial charge in [0, 0.05) is 7.11 Å². The van der Waals surface area contributed by atoms with E-state index in [1.165, 1.54) is 27.4 Å². The van der Waals surface area contributed by atoms with Gasteiger partial charge in [-0.1, -0.05) is 0 Å². The molecule has 0 aromatic carbocycles. The minimum absolute atomic E-state index is 0.673. The van der Waals surface area contributed by atoms with Gasteiger partial charge in [-0.3, -0.25) is 0 Å². The summed E-state index contributed by atoms with van der Waals surface area (Å²) in [7, 11) is 1.00. The molecule has 0 atom stereocenters. The Morgan fingerprint density at radius 2 is 1.05 bits per heavy atom. The van der Waals surface area contributed by atoms with E-state index in [0.29, 0.717) is 5.31 Å². The molecule has 21 heavy (non-hydrogen) atoms. The van der Waals surface area contributed by atoms with Crippen LogP contribution in [0.25, 0.3) is 0 Å². The summed E-state index contributed by atoms with van der Waals surface area (Å²) in [4.78, 5) is 16.3. The first-order valence-corrected chi connectivity index (χ1v) is 29.4. The molecule has 0 saturated heterocycles. The van der Waals surface area contributed by atoms with Crippen LogP contribution in [0, 0.1) is 0 Å². The van der Waals surface area contributed by atoms with Crippen molar-refractivity contribution >= 4 is 43.5 Å². The first-order chi connectivity index (χ1) is 9.51. The Hall–Kier alpha value is 1.62. The molecule has 0 aliphatic heterocycles. The van der Waals surface area contributed by atoms with Crippen molar-refractivity contribution in [2.75, 3.05) is 7.11 Å². The first-order valence-electron chi connectivity index (χ1n) is 8.95. The van der Waals surface area contributed by atoms with Crippen LogP contribution in [0.4, 0.5) is 0 Å². The predicted octanol–water partition coefficient (Wildman–Crippen LogP) is 6.28. The van der Waals surface area contributed by atoms with E-state index in [1.54, 1.807) is 0 Å². The van der Waals surface area contributed by atoms with Crippen molar-refractivity contribution in [3.8, 4) is 0 Å². The molecule has 1 N–H and O–H groups in total. The van der Waals surface area contributed by atoms with Gasteiger partial charge in [0.15, 0.2) is 0 Å². The summed E-state index contributed by atoms with van der Waals surface area (Å²) in [5.74, 6) is 0. The first kappa shape index (κ1) is 24.9. The zero-order chi connectivity index (χ0) is 17.5. The molecule has 4 heteroatoms. The molecule has 0 unspecified atom stereocenters. The number of rotatable bonds is 8. The second-order valence-corrected chi connectivity index (χ2v) is 43.6. The molecule has 1 nitrogen and oxygen atoms in total. The molecule has 0 amide bonds. The van der Waals surface area contributed by atoms with Gasteiger partial charge in [0.1, 0.15) is 0 Å². The second-order valence-electron chi connectivity index (χ2n) is 8.62. The summed E-state index contributed by atoms with van der Waals surface area (Å²) in [6.45, 7) is 10.8. The molecule has 0 fully saturated rings. The van der Waals surface area contributed by atoms with Gasteiger partial charge >= 0.3 is 134 Å². The second kappa shape index (κ2) is 10.5.